The van der Waals surface area contributed by atoms with Crippen LogP contribution in [0.3, 0.4) is 0 Å². The van der Waals surface area contributed by atoms with Gasteiger partial charge < -0.3 is 4.74 Å². The van der Waals surface area contributed by atoms with E-state index in [9.17, 15) is 36.1 Å². The predicted molar refractivity (Wildman–Crippen MR) is 48.9 cm³/mol. The fourth-order valence-corrected chi connectivity index (χ4v) is 1.82. The van der Waals surface area contributed by atoms with Gasteiger partial charge in [-0.3, -0.25) is 10.1 Å². The SMILES string of the molecule is NS(=O)(=O)c1c(F)cnc(OC(F)(F)F)c1[N+](=O)[O-]. The number of aromatic nitrogens is 1. The zero-order chi connectivity index (χ0) is 15.0. The molecule has 106 valence electrons. The molecule has 0 aliphatic rings. The molecule has 2 N–H and O–H groups in total. The highest BCUT2D eigenvalue weighted by atomic mass is 32.2. The van der Waals surface area contributed by atoms with Gasteiger partial charge in [-0.05, 0) is 0 Å². The van der Waals surface area contributed by atoms with Crippen LogP contribution in [0.15, 0.2) is 11.1 Å². The van der Waals surface area contributed by atoms with Crippen molar-refractivity contribution in [2.24, 2.45) is 5.14 Å². The molecule has 0 bridgehead atoms. The smallest absolute Gasteiger partial charge is 0.381 e. The van der Waals surface area contributed by atoms with Gasteiger partial charge in [-0.1, -0.05) is 0 Å². The highest BCUT2D eigenvalue weighted by Gasteiger charge is 2.40. The molecule has 0 radical (unpaired) electrons. The number of pyridine rings is 1. The van der Waals surface area contributed by atoms with E-state index in [0.29, 0.717) is 0 Å². The van der Waals surface area contributed by atoms with Crippen LogP contribution in [-0.2, 0) is 10.0 Å². The third kappa shape index (κ3) is 3.47. The maximum atomic E-state index is 13.2. The summed E-state index contributed by atoms with van der Waals surface area (Å²) in [6.45, 7) is 0. The second-order valence-electron chi connectivity index (χ2n) is 2.94. The Morgan fingerprint density at radius 2 is 1.95 bits per heavy atom. The van der Waals surface area contributed by atoms with Crippen LogP contribution >= 0.6 is 0 Å². The van der Waals surface area contributed by atoms with E-state index in [-0.39, 0.29) is 6.20 Å². The first-order chi connectivity index (χ1) is 8.43. The third-order valence-corrected chi connectivity index (χ3v) is 2.57. The Hall–Kier alpha value is -2.02. The summed E-state index contributed by atoms with van der Waals surface area (Å²) >= 11 is 0. The van der Waals surface area contributed by atoms with Crippen molar-refractivity contribution in [2.45, 2.75) is 11.3 Å². The number of nitrogens with two attached hydrogens (primary N) is 1. The topological polar surface area (TPSA) is 125 Å². The van der Waals surface area contributed by atoms with Crippen LogP contribution in [0.4, 0.5) is 23.2 Å². The molecule has 0 fully saturated rings. The van der Waals surface area contributed by atoms with Crippen LogP contribution in [-0.4, -0.2) is 24.7 Å². The molecule has 1 aromatic rings. The zero-order valence-electron chi connectivity index (χ0n) is 8.51. The molecule has 1 rings (SSSR count). The fraction of sp³-hybridized carbons (Fsp3) is 0.167. The molecule has 1 aromatic heterocycles. The summed E-state index contributed by atoms with van der Waals surface area (Å²) in [5, 5.41) is 15.1. The lowest BCUT2D eigenvalue weighted by molar-refractivity contribution is -0.392. The van der Waals surface area contributed by atoms with Crippen LogP contribution in [0.1, 0.15) is 0 Å². The van der Waals surface area contributed by atoms with Crippen LogP contribution < -0.4 is 9.88 Å². The molecule has 0 atom stereocenters. The van der Waals surface area contributed by atoms with Crippen LogP contribution in [0.25, 0.3) is 0 Å². The number of halogens is 4. The summed E-state index contributed by atoms with van der Waals surface area (Å²) in [6, 6.07) is 0. The molecule has 0 aromatic carbocycles. The standard InChI is InChI=1S/C6H3F4N3O5S/c7-2-1-12-5(18-6(8,9)10)3(13(14)15)4(2)19(11,16)17/h1H,(H2,11,16,17). The Morgan fingerprint density at radius 3 is 2.32 bits per heavy atom. The normalized spacial score (nSPS) is 12.3. The summed E-state index contributed by atoms with van der Waals surface area (Å²) < 4.78 is 74.1. The second kappa shape index (κ2) is 4.58. The Bertz CT molecular complexity index is 628. The molecular weight excluding hydrogens is 302 g/mol. The van der Waals surface area contributed by atoms with Crippen molar-refractivity contribution in [3.05, 3.63) is 22.1 Å². The van der Waals surface area contributed by atoms with Crippen LogP contribution in [0, 0.1) is 15.9 Å². The summed E-state index contributed by atoms with van der Waals surface area (Å²) in [4.78, 5) is 9.89. The number of primary sulfonamides is 1. The number of nitro groups is 1. The van der Waals surface area contributed by atoms with Crippen molar-refractivity contribution in [1.29, 1.82) is 0 Å². The minimum Gasteiger partial charge on any atom is -0.381 e. The van der Waals surface area contributed by atoms with Gasteiger partial charge in [0.15, 0.2) is 5.82 Å². The van der Waals surface area contributed by atoms with Crippen molar-refractivity contribution in [1.82, 2.24) is 4.98 Å². The van der Waals surface area contributed by atoms with Gasteiger partial charge in [0.2, 0.25) is 14.9 Å². The average Bonchev–Trinajstić information content (AvgIpc) is 2.15. The molecule has 13 heteroatoms. The number of hydrogen-bond donors (Lipinski definition) is 1. The van der Waals surface area contributed by atoms with Crippen molar-refractivity contribution < 1.29 is 35.6 Å². The predicted octanol–water partition coefficient (Wildman–Crippen LogP) is 0.675. The molecule has 0 amide bonds. The van der Waals surface area contributed by atoms with Crippen molar-refractivity contribution in [3.8, 4) is 5.88 Å². The zero-order valence-corrected chi connectivity index (χ0v) is 9.33. The quantitative estimate of drug-likeness (QED) is 0.497. The maximum Gasteiger partial charge on any atom is 0.574 e. The van der Waals surface area contributed by atoms with E-state index in [2.05, 4.69) is 14.9 Å². The molecule has 8 nitrogen and oxygen atoms in total. The molecular formula is C6H3F4N3O5S. The summed E-state index contributed by atoms with van der Waals surface area (Å²) in [5.74, 6) is -3.51. The Kier molecular flexibility index (Phi) is 3.63. The highest BCUT2D eigenvalue weighted by molar-refractivity contribution is 7.89. The van der Waals surface area contributed by atoms with Gasteiger partial charge in [0, 0.05) is 0 Å². The van der Waals surface area contributed by atoms with E-state index < -0.39 is 43.6 Å². The molecule has 19 heavy (non-hydrogen) atoms. The minimum absolute atomic E-state index is 0.00775. The molecule has 0 spiro atoms. The second-order valence-corrected chi connectivity index (χ2v) is 4.44. The summed E-state index contributed by atoms with van der Waals surface area (Å²) in [7, 11) is -4.99. The lowest BCUT2D eigenvalue weighted by Crippen LogP contribution is -2.22. The number of ether oxygens (including phenoxy) is 1. The largest absolute Gasteiger partial charge is 0.574 e. The van der Waals surface area contributed by atoms with Gasteiger partial charge >= 0.3 is 17.9 Å². The van der Waals surface area contributed by atoms with Crippen molar-refractivity contribution >= 4 is 15.7 Å². The lowest BCUT2D eigenvalue weighted by atomic mass is 10.4. The molecule has 0 aliphatic carbocycles. The maximum absolute atomic E-state index is 13.2. The van der Waals surface area contributed by atoms with Gasteiger partial charge in [-0.2, -0.15) is 0 Å². The highest BCUT2D eigenvalue weighted by Crippen LogP contribution is 2.35. The molecule has 0 saturated carbocycles. The van der Waals surface area contributed by atoms with E-state index in [0.717, 1.165) is 0 Å². The summed E-state index contributed by atoms with van der Waals surface area (Å²) in [6.07, 6.45) is -5.38. The number of rotatable bonds is 3. The van der Waals surface area contributed by atoms with Gasteiger partial charge in [-0.15, -0.1) is 13.2 Å². The van der Waals surface area contributed by atoms with Crippen molar-refractivity contribution in [2.75, 3.05) is 0 Å². The van der Waals surface area contributed by atoms with E-state index in [1.807, 2.05) is 0 Å². The van der Waals surface area contributed by atoms with Crippen molar-refractivity contribution in [3.63, 3.8) is 0 Å². The Morgan fingerprint density at radius 1 is 1.42 bits per heavy atom. The van der Waals surface area contributed by atoms with E-state index >= 15 is 0 Å². The molecule has 0 aliphatic heterocycles. The van der Waals surface area contributed by atoms with Gasteiger partial charge in [-0.25, -0.2) is 22.9 Å². The third-order valence-electron chi connectivity index (χ3n) is 1.61. The Labute approximate surface area is 102 Å². The summed E-state index contributed by atoms with van der Waals surface area (Å²) in [5.41, 5.74) is -1.83. The first kappa shape index (κ1) is 15.0. The van der Waals surface area contributed by atoms with Gasteiger partial charge in [0.05, 0.1) is 11.1 Å². The number of sulfonamides is 1. The van der Waals surface area contributed by atoms with Crippen LogP contribution in [0.2, 0.25) is 0 Å². The minimum atomic E-state index is -5.38. The molecule has 0 unspecified atom stereocenters. The average molecular weight is 305 g/mol. The van der Waals surface area contributed by atoms with E-state index in [1.165, 1.54) is 0 Å². The fourth-order valence-electron chi connectivity index (χ4n) is 1.06. The number of alkyl halides is 3. The molecule has 0 saturated heterocycles. The number of hydrogen-bond acceptors (Lipinski definition) is 6. The first-order valence-electron chi connectivity index (χ1n) is 4.05. The van der Waals surface area contributed by atoms with E-state index in [1.54, 1.807) is 0 Å². The Balaban J connectivity index is 3.65. The first-order valence-corrected chi connectivity index (χ1v) is 5.59. The van der Waals surface area contributed by atoms with Gasteiger partial charge in [0.1, 0.15) is 0 Å². The van der Waals surface area contributed by atoms with Crippen LogP contribution in [0.5, 0.6) is 5.88 Å². The number of nitrogens with zero attached hydrogens (tertiary/aromatic N) is 2. The lowest BCUT2D eigenvalue weighted by Gasteiger charge is -2.09. The van der Waals surface area contributed by atoms with E-state index in [4.69, 9.17) is 0 Å². The molecule has 1 heterocycles. The van der Waals surface area contributed by atoms with Gasteiger partial charge in [0.25, 0.3) is 0 Å². The monoisotopic (exact) mass is 305 g/mol.